The van der Waals surface area contributed by atoms with Gasteiger partial charge in [-0.2, -0.15) is 0 Å². The van der Waals surface area contributed by atoms with Crippen molar-refractivity contribution in [2.24, 2.45) is 0 Å². The summed E-state index contributed by atoms with van der Waals surface area (Å²) < 4.78 is 0. The summed E-state index contributed by atoms with van der Waals surface area (Å²) in [6.45, 7) is 3.93. The number of nitrogens with zero attached hydrogens (tertiary/aromatic N) is 1. The van der Waals surface area contributed by atoms with Gasteiger partial charge in [-0.3, -0.25) is 4.79 Å². The maximum absolute atomic E-state index is 11.8. The summed E-state index contributed by atoms with van der Waals surface area (Å²) >= 11 is 0. The van der Waals surface area contributed by atoms with Crippen LogP contribution in [0.5, 0.6) is 0 Å². The van der Waals surface area contributed by atoms with E-state index in [9.17, 15) is 4.79 Å². The Bertz CT molecular complexity index is 387. The zero-order valence-electron chi connectivity index (χ0n) is 12.9. The van der Waals surface area contributed by atoms with Crippen LogP contribution >= 0.6 is 0 Å². The molecule has 0 aliphatic rings. The van der Waals surface area contributed by atoms with E-state index in [4.69, 9.17) is 0 Å². The van der Waals surface area contributed by atoms with Crippen molar-refractivity contribution < 1.29 is 4.79 Å². The van der Waals surface area contributed by atoms with E-state index in [2.05, 4.69) is 17.6 Å². The number of unbranched alkanes of at least 4 members (excludes halogenated alkanes) is 2. The van der Waals surface area contributed by atoms with Gasteiger partial charge in [0.1, 0.15) is 0 Å². The third-order valence-electron chi connectivity index (χ3n) is 3.15. The molecule has 1 aromatic rings. The second kappa shape index (κ2) is 9.37. The Morgan fingerprint density at radius 2 is 1.80 bits per heavy atom. The highest BCUT2D eigenvalue weighted by Gasteiger charge is 2.02. The quantitative estimate of drug-likeness (QED) is 0.682. The zero-order valence-corrected chi connectivity index (χ0v) is 12.9. The Hall–Kier alpha value is -1.55. The number of rotatable bonds is 9. The van der Waals surface area contributed by atoms with E-state index < -0.39 is 0 Å². The summed E-state index contributed by atoms with van der Waals surface area (Å²) in [6.07, 6.45) is 4.17. The summed E-state index contributed by atoms with van der Waals surface area (Å²) in [4.78, 5) is 13.8. The van der Waals surface area contributed by atoms with E-state index in [1.165, 1.54) is 19.3 Å². The first kappa shape index (κ1) is 16.5. The first-order valence-electron chi connectivity index (χ1n) is 7.41. The normalized spacial score (nSPS) is 10.3. The molecule has 0 aliphatic carbocycles. The smallest absolute Gasteiger partial charge is 0.225 e. The molecule has 1 aromatic carbocycles. The van der Waals surface area contributed by atoms with E-state index >= 15 is 0 Å². The summed E-state index contributed by atoms with van der Waals surface area (Å²) in [6, 6.07) is 7.86. The first-order chi connectivity index (χ1) is 9.63. The van der Waals surface area contributed by atoms with Crippen molar-refractivity contribution in [3.63, 3.8) is 0 Å². The van der Waals surface area contributed by atoms with Crippen molar-refractivity contribution in [2.75, 3.05) is 37.4 Å². The summed E-state index contributed by atoms with van der Waals surface area (Å²) in [7, 11) is 4.00. The zero-order chi connectivity index (χ0) is 14.8. The number of nitrogens with one attached hydrogen (secondary N) is 2. The van der Waals surface area contributed by atoms with Gasteiger partial charge in [-0.05, 0) is 37.2 Å². The number of carbonyl (C=O) groups is 1. The molecule has 0 bridgehead atoms. The number of hydrogen-bond donors (Lipinski definition) is 2. The minimum Gasteiger partial charge on any atom is -0.378 e. The second-order valence-electron chi connectivity index (χ2n) is 5.20. The van der Waals surface area contributed by atoms with Crippen LogP contribution in [0.15, 0.2) is 24.3 Å². The molecule has 0 atom stereocenters. The van der Waals surface area contributed by atoms with Gasteiger partial charge in [0.05, 0.1) is 0 Å². The van der Waals surface area contributed by atoms with Crippen molar-refractivity contribution >= 4 is 17.3 Å². The number of amides is 1. The average molecular weight is 277 g/mol. The molecule has 4 heteroatoms. The van der Waals surface area contributed by atoms with E-state index in [-0.39, 0.29) is 5.91 Å². The molecule has 0 saturated heterocycles. The van der Waals surface area contributed by atoms with Crippen molar-refractivity contribution in [2.45, 2.75) is 32.6 Å². The maximum atomic E-state index is 11.8. The van der Waals surface area contributed by atoms with Crippen LogP contribution in [-0.4, -0.2) is 33.1 Å². The summed E-state index contributed by atoms with van der Waals surface area (Å²) in [5.41, 5.74) is 1.98. The van der Waals surface area contributed by atoms with Gasteiger partial charge in [0, 0.05) is 38.4 Å². The fourth-order valence-electron chi connectivity index (χ4n) is 1.89. The average Bonchev–Trinajstić information content (AvgIpc) is 2.43. The molecule has 0 radical (unpaired) electrons. The molecule has 4 nitrogen and oxygen atoms in total. The lowest BCUT2D eigenvalue weighted by atomic mass is 10.2. The Labute approximate surface area is 122 Å². The van der Waals surface area contributed by atoms with Crippen LogP contribution in [0.1, 0.15) is 32.6 Å². The molecule has 112 valence electrons. The van der Waals surface area contributed by atoms with Crippen LogP contribution in [0.25, 0.3) is 0 Å². The van der Waals surface area contributed by atoms with Crippen molar-refractivity contribution in [3.8, 4) is 0 Å². The fourth-order valence-corrected chi connectivity index (χ4v) is 1.89. The van der Waals surface area contributed by atoms with Crippen LogP contribution in [0, 0.1) is 0 Å². The Balaban J connectivity index is 2.21. The molecule has 0 unspecified atom stereocenters. The van der Waals surface area contributed by atoms with E-state index in [0.29, 0.717) is 6.42 Å². The van der Waals surface area contributed by atoms with Gasteiger partial charge in [0.2, 0.25) is 5.91 Å². The van der Waals surface area contributed by atoms with Gasteiger partial charge >= 0.3 is 0 Å². The third kappa shape index (κ3) is 6.57. The molecule has 0 fully saturated rings. The predicted octanol–water partition coefficient (Wildman–Crippen LogP) is 2.86. The molecular formula is C16H27N3O. The van der Waals surface area contributed by atoms with Gasteiger partial charge in [0.25, 0.3) is 0 Å². The van der Waals surface area contributed by atoms with Crippen molar-refractivity contribution in [3.05, 3.63) is 24.3 Å². The number of carbonyl (C=O) groups excluding carboxylic acids is 1. The van der Waals surface area contributed by atoms with E-state index in [1.54, 1.807) is 0 Å². The van der Waals surface area contributed by atoms with Gasteiger partial charge < -0.3 is 15.5 Å². The minimum absolute atomic E-state index is 0.0607. The Morgan fingerprint density at radius 3 is 2.40 bits per heavy atom. The van der Waals surface area contributed by atoms with Gasteiger partial charge in [-0.15, -0.1) is 0 Å². The lowest BCUT2D eigenvalue weighted by Crippen LogP contribution is -2.22. The molecule has 0 aliphatic heterocycles. The molecular weight excluding hydrogens is 250 g/mol. The topological polar surface area (TPSA) is 44.4 Å². The first-order valence-corrected chi connectivity index (χ1v) is 7.41. The highest BCUT2D eigenvalue weighted by Crippen LogP contribution is 2.15. The molecule has 0 aromatic heterocycles. The van der Waals surface area contributed by atoms with Crippen LogP contribution in [0.2, 0.25) is 0 Å². The predicted molar refractivity (Wildman–Crippen MR) is 86.4 cm³/mol. The van der Waals surface area contributed by atoms with E-state index in [1.807, 2.05) is 43.3 Å². The van der Waals surface area contributed by atoms with Gasteiger partial charge in [0.15, 0.2) is 0 Å². The van der Waals surface area contributed by atoms with Crippen molar-refractivity contribution in [1.29, 1.82) is 0 Å². The highest BCUT2D eigenvalue weighted by molar-refractivity contribution is 5.90. The van der Waals surface area contributed by atoms with Gasteiger partial charge in [-0.25, -0.2) is 0 Å². The van der Waals surface area contributed by atoms with Crippen LogP contribution in [0.3, 0.4) is 0 Å². The molecule has 20 heavy (non-hydrogen) atoms. The fraction of sp³-hybridized carbons (Fsp3) is 0.562. The SMILES string of the molecule is CCCCCNCCC(=O)Nc1ccc(N(C)C)cc1. The van der Waals surface area contributed by atoms with Crippen LogP contribution < -0.4 is 15.5 Å². The van der Waals surface area contributed by atoms with Crippen LogP contribution in [-0.2, 0) is 4.79 Å². The molecule has 0 heterocycles. The maximum Gasteiger partial charge on any atom is 0.225 e. The van der Waals surface area contributed by atoms with Gasteiger partial charge in [-0.1, -0.05) is 19.8 Å². The second-order valence-corrected chi connectivity index (χ2v) is 5.20. The number of benzene rings is 1. The Kier molecular flexibility index (Phi) is 7.73. The molecule has 1 rings (SSSR count). The summed E-state index contributed by atoms with van der Waals surface area (Å²) in [5.74, 6) is 0.0607. The third-order valence-corrected chi connectivity index (χ3v) is 3.15. The monoisotopic (exact) mass is 277 g/mol. The van der Waals surface area contributed by atoms with E-state index in [0.717, 1.165) is 24.5 Å². The van der Waals surface area contributed by atoms with Crippen molar-refractivity contribution in [1.82, 2.24) is 5.32 Å². The molecule has 0 saturated carbocycles. The lowest BCUT2D eigenvalue weighted by molar-refractivity contribution is -0.116. The molecule has 2 N–H and O–H groups in total. The highest BCUT2D eigenvalue weighted by atomic mass is 16.1. The summed E-state index contributed by atoms with van der Waals surface area (Å²) in [5, 5.41) is 6.21. The minimum atomic E-state index is 0.0607. The molecule has 1 amide bonds. The number of hydrogen-bond acceptors (Lipinski definition) is 3. The number of anilines is 2. The molecule has 0 spiro atoms. The van der Waals surface area contributed by atoms with Crippen LogP contribution in [0.4, 0.5) is 11.4 Å². The lowest BCUT2D eigenvalue weighted by Gasteiger charge is -2.13. The standard InChI is InChI=1S/C16H27N3O/c1-4-5-6-12-17-13-11-16(20)18-14-7-9-15(10-8-14)19(2)3/h7-10,17H,4-6,11-13H2,1-3H3,(H,18,20). The Morgan fingerprint density at radius 1 is 1.10 bits per heavy atom. The largest absolute Gasteiger partial charge is 0.378 e.